The minimum atomic E-state index is -0.897. The number of hydrogen-bond acceptors (Lipinski definition) is 3. The largest absolute Gasteiger partial charge is 0.292 e. The van der Waals surface area contributed by atoms with Gasteiger partial charge in [0.1, 0.15) is 5.92 Å². The van der Waals surface area contributed by atoms with Gasteiger partial charge in [-0.3, -0.25) is 9.78 Å². The fourth-order valence-electron chi connectivity index (χ4n) is 1.65. The lowest BCUT2D eigenvalue weighted by molar-refractivity contribution is 0.0979. The molecule has 1 heterocycles. The summed E-state index contributed by atoms with van der Waals surface area (Å²) >= 11 is 11.7. The number of aromatic nitrogens is 1. The Morgan fingerprint density at radius 3 is 2.63 bits per heavy atom. The molecular weight excluding hydrogens is 283 g/mol. The summed E-state index contributed by atoms with van der Waals surface area (Å²) in [6, 6.07) is 9.91. The van der Waals surface area contributed by atoms with Crippen molar-refractivity contribution in [1.29, 1.82) is 5.26 Å². The number of nitriles is 1. The molecule has 3 nitrogen and oxygen atoms in total. The van der Waals surface area contributed by atoms with Crippen LogP contribution in [0.3, 0.4) is 0 Å². The Morgan fingerprint density at radius 1 is 1.26 bits per heavy atom. The van der Waals surface area contributed by atoms with E-state index < -0.39 is 5.92 Å². The topological polar surface area (TPSA) is 53.8 Å². The number of halogens is 2. The summed E-state index contributed by atoms with van der Waals surface area (Å²) in [6.07, 6.45) is 3.09. The minimum Gasteiger partial charge on any atom is -0.292 e. The molecule has 2 rings (SSSR count). The van der Waals surface area contributed by atoms with Gasteiger partial charge in [0.2, 0.25) is 0 Å². The van der Waals surface area contributed by atoms with Crippen molar-refractivity contribution in [3.63, 3.8) is 0 Å². The Hall–Kier alpha value is -1.89. The molecule has 1 unspecified atom stereocenters. The molecule has 19 heavy (non-hydrogen) atoms. The van der Waals surface area contributed by atoms with Crippen LogP contribution in [0.1, 0.15) is 21.8 Å². The van der Waals surface area contributed by atoms with Crippen LogP contribution in [-0.4, -0.2) is 10.8 Å². The number of benzene rings is 1. The molecule has 1 aromatic heterocycles. The minimum absolute atomic E-state index is 0.287. The summed E-state index contributed by atoms with van der Waals surface area (Å²) in [6.45, 7) is 0. The van der Waals surface area contributed by atoms with E-state index in [0.29, 0.717) is 16.1 Å². The first kappa shape index (κ1) is 13.5. The van der Waals surface area contributed by atoms with Crippen molar-refractivity contribution in [1.82, 2.24) is 4.98 Å². The molecule has 0 saturated heterocycles. The summed E-state index contributed by atoms with van der Waals surface area (Å²) in [5.74, 6) is -1.22. The van der Waals surface area contributed by atoms with Gasteiger partial charge >= 0.3 is 0 Å². The molecule has 1 aromatic carbocycles. The first-order valence-electron chi connectivity index (χ1n) is 5.42. The molecule has 94 valence electrons. The maximum absolute atomic E-state index is 12.3. The monoisotopic (exact) mass is 290 g/mol. The van der Waals surface area contributed by atoms with Crippen molar-refractivity contribution in [2.45, 2.75) is 5.92 Å². The molecule has 0 amide bonds. The number of hydrogen-bond donors (Lipinski definition) is 0. The number of Topliss-reactive ketones (excluding diaryl/α,β-unsaturated/α-hetero) is 1. The molecule has 0 saturated carbocycles. The van der Waals surface area contributed by atoms with Crippen molar-refractivity contribution in [2.24, 2.45) is 0 Å². The zero-order valence-electron chi connectivity index (χ0n) is 9.68. The molecule has 5 heteroatoms. The van der Waals surface area contributed by atoms with Crippen molar-refractivity contribution < 1.29 is 4.79 Å². The number of carbonyl (C=O) groups is 1. The summed E-state index contributed by atoms with van der Waals surface area (Å²) in [4.78, 5) is 16.2. The second-order valence-electron chi connectivity index (χ2n) is 3.84. The van der Waals surface area contributed by atoms with Crippen LogP contribution in [-0.2, 0) is 0 Å². The Labute approximate surface area is 120 Å². The summed E-state index contributed by atoms with van der Waals surface area (Å²) < 4.78 is 0. The highest BCUT2D eigenvalue weighted by molar-refractivity contribution is 6.42. The van der Waals surface area contributed by atoms with E-state index in [1.807, 2.05) is 6.07 Å². The fourth-order valence-corrected chi connectivity index (χ4v) is 1.95. The highest BCUT2D eigenvalue weighted by atomic mass is 35.5. The van der Waals surface area contributed by atoms with Crippen molar-refractivity contribution in [3.8, 4) is 6.07 Å². The lowest BCUT2D eigenvalue weighted by atomic mass is 9.93. The van der Waals surface area contributed by atoms with Crippen molar-refractivity contribution in [3.05, 3.63) is 63.9 Å². The predicted molar refractivity (Wildman–Crippen MR) is 73.4 cm³/mol. The Morgan fingerprint density at radius 2 is 2.05 bits per heavy atom. The lowest BCUT2D eigenvalue weighted by Crippen LogP contribution is -2.11. The van der Waals surface area contributed by atoms with Crippen LogP contribution in [0.5, 0.6) is 0 Å². The van der Waals surface area contributed by atoms with E-state index in [2.05, 4.69) is 4.98 Å². The Kier molecular flexibility index (Phi) is 4.16. The number of pyridine rings is 1. The van der Waals surface area contributed by atoms with Gasteiger partial charge in [0.25, 0.3) is 0 Å². The van der Waals surface area contributed by atoms with Crippen LogP contribution < -0.4 is 0 Å². The number of nitrogens with zero attached hydrogens (tertiary/aromatic N) is 2. The lowest BCUT2D eigenvalue weighted by Gasteiger charge is -2.08. The SMILES string of the molecule is N#CC(C(=O)c1ccc(Cl)c(Cl)c1)c1cccnc1. The van der Waals surface area contributed by atoms with Gasteiger partial charge in [-0.2, -0.15) is 5.26 Å². The summed E-state index contributed by atoms with van der Waals surface area (Å²) in [5.41, 5.74) is 0.908. The van der Waals surface area contributed by atoms with Gasteiger partial charge in [-0.05, 0) is 29.8 Å². The van der Waals surface area contributed by atoms with Crippen LogP contribution in [0.4, 0.5) is 0 Å². The van der Waals surface area contributed by atoms with Gasteiger partial charge in [0.15, 0.2) is 5.78 Å². The van der Waals surface area contributed by atoms with Gasteiger partial charge in [-0.25, -0.2) is 0 Å². The van der Waals surface area contributed by atoms with Gasteiger partial charge in [0.05, 0.1) is 16.1 Å². The standard InChI is InChI=1S/C14H8Cl2N2O/c15-12-4-3-9(6-13(12)16)14(19)11(7-17)10-2-1-5-18-8-10/h1-6,8,11H. The third kappa shape index (κ3) is 2.93. The third-order valence-corrected chi connectivity index (χ3v) is 3.35. The highest BCUT2D eigenvalue weighted by Crippen LogP contribution is 2.26. The summed E-state index contributed by atoms with van der Waals surface area (Å²) in [5, 5.41) is 9.83. The molecule has 2 aromatic rings. The summed E-state index contributed by atoms with van der Waals surface area (Å²) in [7, 11) is 0. The Bertz CT molecular complexity index is 650. The van der Waals surface area contributed by atoms with Crippen LogP contribution in [0.15, 0.2) is 42.7 Å². The molecule has 0 radical (unpaired) electrons. The van der Waals surface area contributed by atoms with Crippen LogP contribution in [0, 0.1) is 11.3 Å². The van der Waals surface area contributed by atoms with E-state index in [-0.39, 0.29) is 10.8 Å². The second-order valence-corrected chi connectivity index (χ2v) is 4.66. The first-order chi connectivity index (χ1) is 9.13. The zero-order chi connectivity index (χ0) is 13.8. The van der Waals surface area contributed by atoms with Crippen LogP contribution >= 0.6 is 23.2 Å². The van der Waals surface area contributed by atoms with Gasteiger partial charge in [0, 0.05) is 18.0 Å². The quantitative estimate of drug-likeness (QED) is 0.806. The van der Waals surface area contributed by atoms with Crippen LogP contribution in [0.25, 0.3) is 0 Å². The average molecular weight is 291 g/mol. The molecule has 0 fully saturated rings. The molecule has 0 aliphatic heterocycles. The van der Waals surface area contributed by atoms with Gasteiger partial charge in [-0.1, -0.05) is 29.3 Å². The maximum atomic E-state index is 12.3. The average Bonchev–Trinajstić information content (AvgIpc) is 2.44. The normalized spacial score (nSPS) is 11.6. The van der Waals surface area contributed by atoms with E-state index >= 15 is 0 Å². The molecule has 0 N–H and O–H groups in total. The zero-order valence-corrected chi connectivity index (χ0v) is 11.2. The Balaban J connectivity index is 2.37. The molecule has 1 atom stereocenters. The fraction of sp³-hybridized carbons (Fsp3) is 0.0714. The number of ketones is 1. The van der Waals surface area contributed by atoms with Crippen molar-refractivity contribution in [2.75, 3.05) is 0 Å². The molecule has 0 spiro atoms. The highest BCUT2D eigenvalue weighted by Gasteiger charge is 2.22. The molecule has 0 bridgehead atoms. The van der Waals surface area contributed by atoms with Gasteiger partial charge in [-0.15, -0.1) is 0 Å². The number of carbonyl (C=O) groups excluding carboxylic acids is 1. The van der Waals surface area contributed by atoms with Crippen molar-refractivity contribution >= 4 is 29.0 Å². The predicted octanol–water partition coefficient (Wildman–Crippen LogP) is 3.88. The maximum Gasteiger partial charge on any atom is 0.184 e. The number of rotatable bonds is 3. The van der Waals surface area contributed by atoms with E-state index in [1.54, 1.807) is 24.4 Å². The van der Waals surface area contributed by atoms with E-state index in [1.165, 1.54) is 18.3 Å². The third-order valence-electron chi connectivity index (χ3n) is 2.61. The molecule has 0 aliphatic carbocycles. The van der Waals surface area contributed by atoms with E-state index in [0.717, 1.165) is 0 Å². The van der Waals surface area contributed by atoms with Gasteiger partial charge < -0.3 is 0 Å². The first-order valence-corrected chi connectivity index (χ1v) is 6.18. The molecular formula is C14H8Cl2N2O. The second kappa shape index (κ2) is 5.83. The smallest absolute Gasteiger partial charge is 0.184 e. The van der Waals surface area contributed by atoms with E-state index in [9.17, 15) is 10.1 Å². The van der Waals surface area contributed by atoms with E-state index in [4.69, 9.17) is 23.2 Å². The van der Waals surface area contributed by atoms with Crippen LogP contribution in [0.2, 0.25) is 10.0 Å². The molecule has 0 aliphatic rings.